The molecular formula is C9H16N4O. The summed E-state index contributed by atoms with van der Waals surface area (Å²) in [5.41, 5.74) is 6.87. The minimum Gasteiger partial charge on any atom is -0.338 e. The molecule has 0 spiro atoms. The third-order valence-electron chi connectivity index (χ3n) is 2.38. The van der Waals surface area contributed by atoms with Crippen LogP contribution in [0.2, 0.25) is 0 Å². The van der Waals surface area contributed by atoms with Crippen molar-refractivity contribution in [2.45, 2.75) is 19.9 Å². The van der Waals surface area contributed by atoms with Gasteiger partial charge >= 0.3 is 0 Å². The summed E-state index contributed by atoms with van der Waals surface area (Å²) in [6.07, 6.45) is 1.54. The normalized spacial score (nSPS) is 12.6. The van der Waals surface area contributed by atoms with E-state index < -0.39 is 0 Å². The molecule has 0 aliphatic rings. The van der Waals surface area contributed by atoms with Crippen molar-refractivity contribution < 1.29 is 4.79 Å². The molecule has 1 rings (SSSR count). The molecule has 1 atom stereocenters. The van der Waals surface area contributed by atoms with Crippen molar-refractivity contribution in [2.24, 2.45) is 5.73 Å². The van der Waals surface area contributed by atoms with Gasteiger partial charge in [0.25, 0.3) is 5.91 Å². The van der Waals surface area contributed by atoms with Crippen molar-refractivity contribution in [2.75, 3.05) is 13.6 Å². The number of hydrogen-bond donors (Lipinski definition) is 2. The summed E-state index contributed by atoms with van der Waals surface area (Å²) in [6.45, 7) is 4.19. The van der Waals surface area contributed by atoms with Gasteiger partial charge in [0.15, 0.2) is 0 Å². The lowest BCUT2D eigenvalue weighted by Gasteiger charge is -2.23. The summed E-state index contributed by atoms with van der Waals surface area (Å²) in [5, 5.41) is 6.54. The lowest BCUT2D eigenvalue weighted by atomic mass is 10.2. The molecule has 1 amide bonds. The molecular weight excluding hydrogens is 180 g/mol. The molecule has 1 unspecified atom stereocenters. The summed E-state index contributed by atoms with van der Waals surface area (Å²) < 4.78 is 0. The topological polar surface area (TPSA) is 75.0 Å². The minimum atomic E-state index is -0.0470. The van der Waals surface area contributed by atoms with Gasteiger partial charge in [0, 0.05) is 25.3 Å². The highest BCUT2D eigenvalue weighted by molar-refractivity contribution is 5.95. The highest BCUT2D eigenvalue weighted by atomic mass is 16.2. The number of carbonyl (C=O) groups excluding carboxylic acids is 1. The number of amides is 1. The second kappa shape index (κ2) is 4.23. The number of rotatable bonds is 3. The largest absolute Gasteiger partial charge is 0.338 e. The van der Waals surface area contributed by atoms with Crippen LogP contribution in [0, 0.1) is 6.92 Å². The Bertz CT molecular complexity index is 320. The van der Waals surface area contributed by atoms with Crippen molar-refractivity contribution in [3.8, 4) is 0 Å². The van der Waals surface area contributed by atoms with Crippen LogP contribution >= 0.6 is 0 Å². The summed E-state index contributed by atoms with van der Waals surface area (Å²) in [7, 11) is 1.74. The van der Waals surface area contributed by atoms with Crippen LogP contribution in [-0.4, -0.2) is 40.6 Å². The van der Waals surface area contributed by atoms with Gasteiger partial charge in [-0.15, -0.1) is 0 Å². The Morgan fingerprint density at radius 3 is 2.86 bits per heavy atom. The first-order chi connectivity index (χ1) is 6.57. The van der Waals surface area contributed by atoms with E-state index in [-0.39, 0.29) is 11.9 Å². The van der Waals surface area contributed by atoms with Crippen molar-refractivity contribution in [3.05, 3.63) is 17.5 Å². The fourth-order valence-electron chi connectivity index (χ4n) is 1.11. The van der Waals surface area contributed by atoms with Crippen molar-refractivity contribution in [3.63, 3.8) is 0 Å². The van der Waals surface area contributed by atoms with E-state index in [1.807, 2.05) is 13.8 Å². The first kappa shape index (κ1) is 10.7. The van der Waals surface area contributed by atoms with Crippen LogP contribution in [0.15, 0.2) is 6.20 Å². The predicted octanol–water partition coefficient (Wildman–Crippen LogP) is 0.137. The molecule has 0 fully saturated rings. The molecule has 5 nitrogen and oxygen atoms in total. The molecule has 14 heavy (non-hydrogen) atoms. The molecule has 0 saturated heterocycles. The van der Waals surface area contributed by atoms with Gasteiger partial charge in [-0.3, -0.25) is 9.89 Å². The maximum atomic E-state index is 11.8. The van der Waals surface area contributed by atoms with Crippen LogP contribution in [0.1, 0.15) is 23.0 Å². The third kappa shape index (κ3) is 1.93. The van der Waals surface area contributed by atoms with E-state index in [0.717, 1.165) is 5.69 Å². The fraction of sp³-hybridized carbons (Fsp3) is 0.556. The number of likely N-dealkylation sites (N-methyl/N-ethyl adjacent to an activating group) is 1. The highest BCUT2D eigenvalue weighted by Crippen LogP contribution is 2.08. The average Bonchev–Trinajstić information content (AvgIpc) is 2.61. The Hall–Kier alpha value is -1.36. The molecule has 78 valence electrons. The van der Waals surface area contributed by atoms with Crippen LogP contribution in [-0.2, 0) is 0 Å². The number of nitrogens with two attached hydrogens (primary N) is 1. The van der Waals surface area contributed by atoms with E-state index in [2.05, 4.69) is 10.2 Å². The fourth-order valence-corrected chi connectivity index (χ4v) is 1.11. The second-order valence-corrected chi connectivity index (χ2v) is 3.41. The molecule has 0 saturated carbocycles. The van der Waals surface area contributed by atoms with Crippen molar-refractivity contribution >= 4 is 5.91 Å². The first-order valence-corrected chi connectivity index (χ1v) is 4.55. The monoisotopic (exact) mass is 196 g/mol. The number of aromatic nitrogens is 2. The maximum Gasteiger partial charge on any atom is 0.257 e. The van der Waals surface area contributed by atoms with Crippen LogP contribution in [0.4, 0.5) is 0 Å². The summed E-state index contributed by atoms with van der Waals surface area (Å²) >= 11 is 0. The van der Waals surface area contributed by atoms with E-state index in [1.165, 1.54) is 6.20 Å². The molecule has 0 radical (unpaired) electrons. The summed E-state index contributed by atoms with van der Waals surface area (Å²) in [6, 6.07) is 0.0387. The van der Waals surface area contributed by atoms with Crippen molar-refractivity contribution in [1.82, 2.24) is 15.1 Å². The van der Waals surface area contributed by atoms with Gasteiger partial charge in [-0.05, 0) is 13.8 Å². The number of carbonyl (C=O) groups is 1. The van der Waals surface area contributed by atoms with Crippen LogP contribution < -0.4 is 5.73 Å². The predicted molar refractivity (Wildman–Crippen MR) is 53.9 cm³/mol. The average molecular weight is 196 g/mol. The van der Waals surface area contributed by atoms with Gasteiger partial charge in [-0.1, -0.05) is 0 Å². The number of aryl methyl sites for hydroxylation is 1. The molecule has 0 aliphatic heterocycles. The van der Waals surface area contributed by atoms with Crippen molar-refractivity contribution in [1.29, 1.82) is 0 Å². The van der Waals surface area contributed by atoms with Gasteiger partial charge in [0.1, 0.15) is 0 Å². The zero-order valence-corrected chi connectivity index (χ0v) is 8.74. The van der Waals surface area contributed by atoms with Gasteiger partial charge in [0.2, 0.25) is 0 Å². The number of aromatic amines is 1. The SMILES string of the molecule is Cc1[nH]ncc1C(=O)N(C)C(C)CN. The van der Waals surface area contributed by atoms with E-state index in [9.17, 15) is 4.79 Å². The molecule has 3 N–H and O–H groups in total. The standard InChI is InChI=1S/C9H16N4O/c1-6(4-10)13(3)9(14)8-5-11-12-7(8)2/h5-6H,4,10H2,1-3H3,(H,11,12). The Kier molecular flexibility index (Phi) is 3.24. The first-order valence-electron chi connectivity index (χ1n) is 4.55. The van der Waals surface area contributed by atoms with Gasteiger partial charge in [0.05, 0.1) is 11.8 Å². The van der Waals surface area contributed by atoms with E-state index in [0.29, 0.717) is 12.1 Å². The Morgan fingerprint density at radius 1 is 1.79 bits per heavy atom. The highest BCUT2D eigenvalue weighted by Gasteiger charge is 2.18. The van der Waals surface area contributed by atoms with Crippen LogP contribution in [0.5, 0.6) is 0 Å². The molecule has 1 heterocycles. The summed E-state index contributed by atoms with van der Waals surface area (Å²) in [5.74, 6) is -0.0470. The molecule has 0 aromatic carbocycles. The zero-order chi connectivity index (χ0) is 10.7. The van der Waals surface area contributed by atoms with E-state index in [1.54, 1.807) is 11.9 Å². The van der Waals surface area contributed by atoms with E-state index >= 15 is 0 Å². The van der Waals surface area contributed by atoms with E-state index in [4.69, 9.17) is 5.73 Å². The quantitative estimate of drug-likeness (QED) is 0.722. The molecule has 0 aliphatic carbocycles. The molecule has 1 aromatic heterocycles. The molecule has 5 heteroatoms. The molecule has 0 bridgehead atoms. The Morgan fingerprint density at radius 2 is 2.43 bits per heavy atom. The number of nitrogens with one attached hydrogen (secondary N) is 1. The molecule has 1 aromatic rings. The minimum absolute atomic E-state index is 0.0387. The smallest absolute Gasteiger partial charge is 0.257 e. The second-order valence-electron chi connectivity index (χ2n) is 3.41. The maximum absolute atomic E-state index is 11.8. The van der Waals surface area contributed by atoms with Gasteiger partial charge < -0.3 is 10.6 Å². The number of H-pyrrole nitrogens is 1. The Balaban J connectivity index is 2.81. The van der Waals surface area contributed by atoms with Crippen LogP contribution in [0.3, 0.4) is 0 Å². The van der Waals surface area contributed by atoms with Gasteiger partial charge in [-0.2, -0.15) is 5.10 Å². The lowest BCUT2D eigenvalue weighted by molar-refractivity contribution is 0.0748. The lowest BCUT2D eigenvalue weighted by Crippen LogP contribution is -2.39. The zero-order valence-electron chi connectivity index (χ0n) is 8.74. The van der Waals surface area contributed by atoms with Crippen LogP contribution in [0.25, 0.3) is 0 Å². The number of nitrogens with zero attached hydrogens (tertiary/aromatic N) is 2. The number of hydrogen-bond acceptors (Lipinski definition) is 3. The van der Waals surface area contributed by atoms with Gasteiger partial charge in [-0.25, -0.2) is 0 Å². The third-order valence-corrected chi connectivity index (χ3v) is 2.38. The summed E-state index contributed by atoms with van der Waals surface area (Å²) in [4.78, 5) is 13.5. The Labute approximate surface area is 83.3 Å².